The minimum atomic E-state index is -0.906. The molecule has 0 aromatic carbocycles. The molecular formula is C7H10ClN3O2. The van der Waals surface area contributed by atoms with Gasteiger partial charge < -0.3 is 10.5 Å². The second kappa shape index (κ2) is 5.34. The number of carboxylic acids is 1. The number of hydrogen-bond donors (Lipinski definition) is 3. The summed E-state index contributed by atoms with van der Waals surface area (Å²) in [6.07, 6.45) is -0.0878. The summed E-state index contributed by atoms with van der Waals surface area (Å²) in [7, 11) is 0. The molecule has 0 aliphatic rings. The van der Waals surface area contributed by atoms with E-state index in [4.69, 9.17) is 10.9 Å². The smallest absolute Gasteiger partial charge is 0.309 e. The molecular weight excluding hydrogens is 194 g/mol. The van der Waals surface area contributed by atoms with Crippen LogP contribution in [0.3, 0.4) is 0 Å². The topological polar surface area (TPSA) is 88.2 Å². The van der Waals surface area contributed by atoms with E-state index in [-0.39, 0.29) is 18.8 Å². The number of aromatic nitrogens is 1. The van der Waals surface area contributed by atoms with Crippen LogP contribution in [0.1, 0.15) is 5.69 Å². The molecule has 0 bridgehead atoms. The average molecular weight is 204 g/mol. The predicted molar refractivity (Wildman–Crippen MR) is 50.6 cm³/mol. The molecule has 0 atom stereocenters. The lowest BCUT2D eigenvalue weighted by Gasteiger charge is -2.00. The highest BCUT2D eigenvalue weighted by Crippen LogP contribution is 2.03. The largest absolute Gasteiger partial charge is 0.481 e. The number of rotatable bonds is 3. The lowest BCUT2D eigenvalue weighted by Crippen LogP contribution is -2.10. The number of nitrogens with zero attached hydrogens (tertiary/aromatic N) is 1. The van der Waals surface area contributed by atoms with Gasteiger partial charge in [0.25, 0.3) is 0 Å². The van der Waals surface area contributed by atoms with E-state index in [1.54, 1.807) is 18.2 Å². The van der Waals surface area contributed by atoms with E-state index in [9.17, 15) is 4.79 Å². The van der Waals surface area contributed by atoms with Gasteiger partial charge >= 0.3 is 5.97 Å². The molecule has 0 aliphatic carbocycles. The van der Waals surface area contributed by atoms with Crippen molar-refractivity contribution in [2.24, 2.45) is 5.84 Å². The van der Waals surface area contributed by atoms with E-state index in [2.05, 4.69) is 10.4 Å². The molecule has 0 amide bonds. The molecule has 0 fully saturated rings. The number of carboxylic acid groups (broad SMARTS) is 1. The van der Waals surface area contributed by atoms with Gasteiger partial charge in [0.15, 0.2) is 0 Å². The van der Waals surface area contributed by atoms with Crippen LogP contribution >= 0.6 is 12.4 Å². The maximum Gasteiger partial charge on any atom is 0.309 e. The fourth-order valence-electron chi connectivity index (χ4n) is 0.813. The van der Waals surface area contributed by atoms with Gasteiger partial charge in [0, 0.05) is 0 Å². The Morgan fingerprint density at radius 1 is 1.62 bits per heavy atom. The predicted octanol–water partition coefficient (Wildman–Crippen LogP) is 0.416. The van der Waals surface area contributed by atoms with Gasteiger partial charge in [-0.15, -0.1) is 12.4 Å². The number of aliphatic carboxylic acids is 1. The Morgan fingerprint density at radius 3 is 2.85 bits per heavy atom. The van der Waals surface area contributed by atoms with Gasteiger partial charge in [-0.05, 0) is 12.1 Å². The van der Waals surface area contributed by atoms with Gasteiger partial charge in [-0.2, -0.15) is 0 Å². The zero-order chi connectivity index (χ0) is 8.97. The highest BCUT2D eigenvalue weighted by Gasteiger charge is 2.01. The zero-order valence-corrected chi connectivity index (χ0v) is 7.54. The van der Waals surface area contributed by atoms with Crippen LogP contribution in [-0.4, -0.2) is 16.1 Å². The summed E-state index contributed by atoms with van der Waals surface area (Å²) in [5, 5.41) is 8.44. The summed E-state index contributed by atoms with van der Waals surface area (Å²) >= 11 is 0. The third-order valence-corrected chi connectivity index (χ3v) is 1.29. The number of halogens is 1. The number of pyridine rings is 1. The Bertz CT molecular complexity index is 293. The Morgan fingerprint density at radius 2 is 2.31 bits per heavy atom. The second-order valence-electron chi connectivity index (χ2n) is 2.23. The first kappa shape index (κ1) is 11.7. The van der Waals surface area contributed by atoms with Crippen LogP contribution in [-0.2, 0) is 11.2 Å². The van der Waals surface area contributed by atoms with E-state index in [0.717, 1.165) is 0 Å². The summed E-state index contributed by atoms with van der Waals surface area (Å²) in [4.78, 5) is 14.2. The summed E-state index contributed by atoms with van der Waals surface area (Å²) in [6, 6.07) is 4.99. The summed E-state index contributed by atoms with van der Waals surface area (Å²) < 4.78 is 0. The van der Waals surface area contributed by atoms with E-state index in [1.165, 1.54) is 0 Å². The number of nitrogens with two attached hydrogens (primary N) is 1. The highest BCUT2D eigenvalue weighted by atomic mass is 35.5. The summed E-state index contributed by atoms with van der Waals surface area (Å²) in [5.41, 5.74) is 2.82. The molecule has 0 saturated heterocycles. The number of carbonyl (C=O) groups is 1. The van der Waals surface area contributed by atoms with Crippen molar-refractivity contribution in [1.29, 1.82) is 0 Å². The Labute approximate surface area is 81.3 Å². The van der Waals surface area contributed by atoms with Gasteiger partial charge in [0.2, 0.25) is 0 Å². The fraction of sp³-hybridized carbons (Fsp3) is 0.143. The van der Waals surface area contributed by atoms with Crippen LogP contribution in [0.5, 0.6) is 0 Å². The van der Waals surface area contributed by atoms with Crippen molar-refractivity contribution in [1.82, 2.24) is 4.98 Å². The average Bonchev–Trinajstić information content (AvgIpc) is 2.03. The van der Waals surface area contributed by atoms with Gasteiger partial charge in [-0.1, -0.05) is 6.07 Å². The molecule has 4 N–H and O–H groups in total. The lowest BCUT2D eigenvalue weighted by atomic mass is 10.3. The van der Waals surface area contributed by atoms with Crippen LogP contribution < -0.4 is 11.3 Å². The first-order valence-electron chi connectivity index (χ1n) is 3.36. The fourth-order valence-corrected chi connectivity index (χ4v) is 0.813. The van der Waals surface area contributed by atoms with E-state index >= 15 is 0 Å². The summed E-state index contributed by atoms with van der Waals surface area (Å²) in [5.74, 6) is 4.65. The molecule has 0 aliphatic heterocycles. The number of hydrazine groups is 1. The van der Waals surface area contributed by atoms with Gasteiger partial charge in [-0.25, -0.2) is 10.8 Å². The maximum atomic E-state index is 10.3. The molecule has 72 valence electrons. The third-order valence-electron chi connectivity index (χ3n) is 1.29. The molecule has 0 unspecified atom stereocenters. The van der Waals surface area contributed by atoms with E-state index < -0.39 is 5.97 Å². The molecule has 1 aromatic heterocycles. The molecule has 13 heavy (non-hydrogen) atoms. The van der Waals surface area contributed by atoms with Gasteiger partial charge in [0.1, 0.15) is 5.82 Å². The normalized spacial score (nSPS) is 8.69. The maximum absolute atomic E-state index is 10.3. The molecule has 1 rings (SSSR count). The number of nitrogens with one attached hydrogen (secondary N) is 1. The molecule has 0 radical (unpaired) electrons. The third kappa shape index (κ3) is 3.73. The Kier molecular flexibility index (Phi) is 4.79. The monoisotopic (exact) mass is 203 g/mol. The first-order chi connectivity index (χ1) is 5.72. The first-order valence-corrected chi connectivity index (χ1v) is 3.36. The minimum absolute atomic E-state index is 0. The molecule has 0 spiro atoms. The van der Waals surface area contributed by atoms with Crippen LogP contribution in [0.4, 0.5) is 5.82 Å². The van der Waals surface area contributed by atoms with Gasteiger partial charge in [-0.3, -0.25) is 4.79 Å². The standard InChI is InChI=1S/C7H9N3O2.ClH/c8-10-6-3-1-2-5(9-6)4-7(11)12;/h1-3H,4,8H2,(H,9,10)(H,11,12);1H. The molecule has 1 aromatic rings. The van der Waals surface area contributed by atoms with Crippen LogP contribution in [0.25, 0.3) is 0 Å². The SMILES string of the molecule is Cl.NNc1cccc(CC(=O)O)n1. The van der Waals surface area contributed by atoms with Crippen LogP contribution in [0, 0.1) is 0 Å². The Balaban J connectivity index is 0.00000144. The molecule has 5 nitrogen and oxygen atoms in total. The van der Waals surface area contributed by atoms with Crippen molar-refractivity contribution in [3.63, 3.8) is 0 Å². The lowest BCUT2D eigenvalue weighted by molar-refractivity contribution is -0.136. The second-order valence-corrected chi connectivity index (χ2v) is 2.23. The van der Waals surface area contributed by atoms with Crippen LogP contribution in [0.15, 0.2) is 18.2 Å². The van der Waals surface area contributed by atoms with Crippen LogP contribution in [0.2, 0.25) is 0 Å². The highest BCUT2D eigenvalue weighted by molar-refractivity contribution is 5.85. The zero-order valence-electron chi connectivity index (χ0n) is 6.73. The van der Waals surface area contributed by atoms with Crippen molar-refractivity contribution in [2.75, 3.05) is 5.43 Å². The number of nitrogen functional groups attached to an aromatic ring is 1. The van der Waals surface area contributed by atoms with E-state index in [0.29, 0.717) is 11.5 Å². The number of anilines is 1. The molecule has 6 heteroatoms. The number of hydrogen-bond acceptors (Lipinski definition) is 4. The van der Waals surface area contributed by atoms with Crippen molar-refractivity contribution in [2.45, 2.75) is 6.42 Å². The molecule has 0 saturated carbocycles. The van der Waals surface area contributed by atoms with Crippen molar-refractivity contribution >= 4 is 24.2 Å². The van der Waals surface area contributed by atoms with Crippen molar-refractivity contribution in [3.8, 4) is 0 Å². The molecule has 1 heterocycles. The van der Waals surface area contributed by atoms with Gasteiger partial charge in [0.05, 0.1) is 12.1 Å². The quantitative estimate of drug-likeness (QED) is 0.489. The Hall–Kier alpha value is -1.33. The summed E-state index contributed by atoms with van der Waals surface area (Å²) in [6.45, 7) is 0. The van der Waals surface area contributed by atoms with E-state index in [1.807, 2.05) is 0 Å². The van der Waals surface area contributed by atoms with Crippen molar-refractivity contribution in [3.05, 3.63) is 23.9 Å². The van der Waals surface area contributed by atoms with Crippen molar-refractivity contribution < 1.29 is 9.90 Å². The minimum Gasteiger partial charge on any atom is -0.481 e.